The first-order valence-corrected chi connectivity index (χ1v) is 6.35. The Bertz CT molecular complexity index is 768. The van der Waals surface area contributed by atoms with Gasteiger partial charge in [0.05, 0.1) is 0 Å². The Morgan fingerprint density at radius 1 is 1.00 bits per heavy atom. The first-order chi connectivity index (χ1) is 9.75. The number of nitrogens with zero attached hydrogens (tertiary/aromatic N) is 1. The molecule has 0 aliphatic carbocycles. The van der Waals surface area contributed by atoms with Gasteiger partial charge < -0.3 is 0 Å². The highest BCUT2D eigenvalue weighted by Gasteiger charge is 2.12. The SMILES string of the molecule is O=C(Cc1cccnc1)c1ccc(F)c2ccccc12. The number of pyridine rings is 1. The molecule has 0 unspecified atom stereocenters. The lowest BCUT2D eigenvalue weighted by molar-refractivity contribution is 0.0994. The molecule has 0 spiro atoms. The fourth-order valence-corrected chi connectivity index (χ4v) is 2.29. The van der Waals surface area contributed by atoms with E-state index in [1.165, 1.54) is 6.07 Å². The van der Waals surface area contributed by atoms with Crippen molar-refractivity contribution in [3.05, 3.63) is 77.9 Å². The second kappa shape index (κ2) is 5.21. The van der Waals surface area contributed by atoms with E-state index in [1.807, 2.05) is 12.1 Å². The van der Waals surface area contributed by atoms with Crippen LogP contribution in [0.3, 0.4) is 0 Å². The number of hydrogen-bond donors (Lipinski definition) is 0. The number of rotatable bonds is 3. The minimum atomic E-state index is -0.307. The molecule has 1 heterocycles. The third kappa shape index (κ3) is 2.30. The fraction of sp³-hybridized carbons (Fsp3) is 0.0588. The molecule has 98 valence electrons. The van der Waals surface area contributed by atoms with Gasteiger partial charge >= 0.3 is 0 Å². The summed E-state index contributed by atoms with van der Waals surface area (Å²) >= 11 is 0. The number of carbonyl (C=O) groups is 1. The average molecular weight is 265 g/mol. The Balaban J connectivity index is 2.02. The zero-order valence-electron chi connectivity index (χ0n) is 10.7. The highest BCUT2D eigenvalue weighted by Crippen LogP contribution is 2.23. The van der Waals surface area contributed by atoms with Crippen molar-refractivity contribution in [2.45, 2.75) is 6.42 Å². The maximum atomic E-state index is 13.7. The van der Waals surface area contributed by atoms with Crippen molar-refractivity contribution in [1.82, 2.24) is 4.98 Å². The highest BCUT2D eigenvalue weighted by molar-refractivity contribution is 6.08. The second-order valence-corrected chi connectivity index (χ2v) is 4.60. The van der Waals surface area contributed by atoms with Crippen LogP contribution in [0.5, 0.6) is 0 Å². The lowest BCUT2D eigenvalue weighted by Crippen LogP contribution is -2.05. The molecular formula is C17H12FNO. The smallest absolute Gasteiger partial charge is 0.167 e. The fourth-order valence-electron chi connectivity index (χ4n) is 2.29. The van der Waals surface area contributed by atoms with Gasteiger partial charge in [-0.1, -0.05) is 30.3 Å². The van der Waals surface area contributed by atoms with E-state index in [9.17, 15) is 9.18 Å². The van der Waals surface area contributed by atoms with Gasteiger partial charge in [-0.05, 0) is 29.1 Å². The Morgan fingerprint density at radius 2 is 1.80 bits per heavy atom. The van der Waals surface area contributed by atoms with Gasteiger partial charge in [-0.25, -0.2) is 4.39 Å². The van der Waals surface area contributed by atoms with E-state index in [-0.39, 0.29) is 18.0 Å². The first kappa shape index (κ1) is 12.5. The summed E-state index contributed by atoms with van der Waals surface area (Å²) < 4.78 is 13.7. The van der Waals surface area contributed by atoms with Crippen LogP contribution in [0.1, 0.15) is 15.9 Å². The molecule has 0 saturated carbocycles. The molecule has 0 saturated heterocycles. The van der Waals surface area contributed by atoms with Gasteiger partial charge in [-0.3, -0.25) is 9.78 Å². The number of ketones is 1. The predicted molar refractivity (Wildman–Crippen MR) is 76.2 cm³/mol. The average Bonchev–Trinajstić information content (AvgIpc) is 2.49. The van der Waals surface area contributed by atoms with Gasteiger partial charge in [0.15, 0.2) is 5.78 Å². The molecule has 2 aromatic carbocycles. The Morgan fingerprint density at radius 3 is 2.55 bits per heavy atom. The Hall–Kier alpha value is -2.55. The van der Waals surface area contributed by atoms with Crippen LogP contribution >= 0.6 is 0 Å². The number of hydrogen-bond acceptors (Lipinski definition) is 2. The molecule has 3 heteroatoms. The lowest BCUT2D eigenvalue weighted by atomic mass is 9.98. The third-order valence-electron chi connectivity index (χ3n) is 3.26. The summed E-state index contributed by atoms with van der Waals surface area (Å²) in [5, 5.41) is 1.13. The summed E-state index contributed by atoms with van der Waals surface area (Å²) in [7, 11) is 0. The van der Waals surface area contributed by atoms with Gasteiger partial charge in [0.25, 0.3) is 0 Å². The molecule has 20 heavy (non-hydrogen) atoms. The lowest BCUT2D eigenvalue weighted by Gasteiger charge is -2.06. The van der Waals surface area contributed by atoms with Crippen molar-refractivity contribution in [1.29, 1.82) is 0 Å². The molecule has 0 atom stereocenters. The second-order valence-electron chi connectivity index (χ2n) is 4.60. The van der Waals surface area contributed by atoms with Gasteiger partial charge in [-0.2, -0.15) is 0 Å². The molecule has 2 nitrogen and oxygen atoms in total. The Labute approximate surface area is 115 Å². The number of aromatic nitrogens is 1. The van der Waals surface area contributed by atoms with Crippen LogP contribution in [-0.2, 0) is 6.42 Å². The van der Waals surface area contributed by atoms with Crippen LogP contribution in [0.4, 0.5) is 4.39 Å². The largest absolute Gasteiger partial charge is 0.294 e. The summed E-state index contributed by atoms with van der Waals surface area (Å²) in [6.45, 7) is 0. The molecule has 3 aromatic rings. The molecule has 0 amide bonds. The van der Waals surface area contributed by atoms with Gasteiger partial charge in [0.1, 0.15) is 5.82 Å². The highest BCUT2D eigenvalue weighted by atomic mass is 19.1. The first-order valence-electron chi connectivity index (χ1n) is 6.35. The number of fused-ring (bicyclic) bond motifs is 1. The van der Waals surface area contributed by atoms with Crippen LogP contribution in [0.25, 0.3) is 10.8 Å². The van der Waals surface area contributed by atoms with E-state index in [1.54, 1.807) is 42.7 Å². The molecule has 0 bridgehead atoms. The van der Waals surface area contributed by atoms with Crippen LogP contribution in [0, 0.1) is 5.82 Å². The number of carbonyl (C=O) groups excluding carboxylic acids is 1. The van der Waals surface area contributed by atoms with Gasteiger partial charge in [0.2, 0.25) is 0 Å². The van der Waals surface area contributed by atoms with E-state index in [0.717, 1.165) is 5.56 Å². The van der Waals surface area contributed by atoms with Gasteiger partial charge in [-0.15, -0.1) is 0 Å². The summed E-state index contributed by atoms with van der Waals surface area (Å²) in [6, 6.07) is 13.6. The van der Waals surface area contributed by atoms with E-state index < -0.39 is 0 Å². The summed E-state index contributed by atoms with van der Waals surface area (Å²) in [5.41, 5.74) is 1.40. The molecule has 0 fully saturated rings. The standard InChI is InChI=1S/C17H12FNO/c18-16-8-7-15(13-5-1-2-6-14(13)16)17(20)10-12-4-3-9-19-11-12/h1-9,11H,10H2. The molecular weight excluding hydrogens is 253 g/mol. The summed E-state index contributed by atoms with van der Waals surface area (Å²) in [6.07, 6.45) is 3.61. The van der Waals surface area contributed by atoms with Crippen molar-refractivity contribution in [3.8, 4) is 0 Å². The topological polar surface area (TPSA) is 30.0 Å². The van der Waals surface area contributed by atoms with E-state index in [2.05, 4.69) is 4.98 Å². The number of halogens is 1. The molecule has 1 aromatic heterocycles. The maximum Gasteiger partial charge on any atom is 0.167 e. The monoisotopic (exact) mass is 265 g/mol. The van der Waals surface area contributed by atoms with E-state index in [4.69, 9.17) is 0 Å². The van der Waals surface area contributed by atoms with E-state index >= 15 is 0 Å². The molecule has 0 N–H and O–H groups in total. The van der Waals surface area contributed by atoms with Crippen molar-refractivity contribution in [3.63, 3.8) is 0 Å². The normalized spacial score (nSPS) is 10.7. The zero-order chi connectivity index (χ0) is 13.9. The predicted octanol–water partition coefficient (Wildman–Crippen LogP) is 3.80. The quantitative estimate of drug-likeness (QED) is 0.674. The minimum absolute atomic E-state index is 0.0331. The van der Waals surface area contributed by atoms with Crippen LogP contribution in [0.15, 0.2) is 60.9 Å². The van der Waals surface area contributed by atoms with Crippen molar-refractivity contribution in [2.75, 3.05) is 0 Å². The summed E-state index contributed by atoms with van der Waals surface area (Å²) in [4.78, 5) is 16.4. The van der Waals surface area contributed by atoms with Crippen molar-refractivity contribution < 1.29 is 9.18 Å². The molecule has 0 radical (unpaired) electrons. The number of benzene rings is 2. The minimum Gasteiger partial charge on any atom is -0.294 e. The molecule has 0 aliphatic rings. The number of Topliss-reactive ketones (excluding diaryl/α,β-unsaturated/α-hetero) is 1. The Kier molecular flexibility index (Phi) is 3.25. The third-order valence-corrected chi connectivity index (χ3v) is 3.26. The zero-order valence-corrected chi connectivity index (χ0v) is 10.7. The van der Waals surface area contributed by atoms with Crippen LogP contribution < -0.4 is 0 Å². The van der Waals surface area contributed by atoms with Crippen molar-refractivity contribution in [2.24, 2.45) is 0 Å². The molecule has 0 aliphatic heterocycles. The van der Waals surface area contributed by atoms with Crippen LogP contribution in [0.2, 0.25) is 0 Å². The van der Waals surface area contributed by atoms with Crippen LogP contribution in [-0.4, -0.2) is 10.8 Å². The molecule has 3 rings (SSSR count). The maximum absolute atomic E-state index is 13.7. The van der Waals surface area contributed by atoms with Gasteiger partial charge in [0, 0.05) is 29.8 Å². The van der Waals surface area contributed by atoms with E-state index in [0.29, 0.717) is 16.3 Å². The van der Waals surface area contributed by atoms with Crippen molar-refractivity contribution >= 4 is 16.6 Å². The summed E-state index contributed by atoms with van der Waals surface area (Å²) in [5.74, 6) is -0.340.